The Morgan fingerprint density at radius 3 is 2.52 bits per heavy atom. The van der Waals surface area contributed by atoms with Gasteiger partial charge >= 0.3 is 0 Å². The van der Waals surface area contributed by atoms with Crippen LogP contribution in [0.2, 0.25) is 0 Å². The highest BCUT2D eigenvalue weighted by atomic mass is 32.2. The SMILES string of the molecule is C[C@@H]1CCc2c(sc(NC(=O)c3ccc(S(=O)(=O)N4CCOCC4)cc3)c2C(N)=O)C1. The number of amides is 2. The van der Waals surface area contributed by atoms with E-state index in [9.17, 15) is 18.0 Å². The normalized spacial score (nSPS) is 19.6. The molecule has 10 heteroatoms. The molecule has 31 heavy (non-hydrogen) atoms. The predicted molar refractivity (Wildman–Crippen MR) is 118 cm³/mol. The van der Waals surface area contributed by atoms with E-state index in [-0.39, 0.29) is 4.90 Å². The largest absolute Gasteiger partial charge is 0.379 e. The molecule has 2 amide bonds. The Kier molecular flexibility index (Phi) is 6.16. The Morgan fingerprint density at radius 1 is 1.19 bits per heavy atom. The summed E-state index contributed by atoms with van der Waals surface area (Å²) in [5, 5.41) is 3.26. The molecule has 3 N–H and O–H groups in total. The number of rotatable bonds is 5. The summed E-state index contributed by atoms with van der Waals surface area (Å²) in [4.78, 5) is 26.1. The maximum Gasteiger partial charge on any atom is 0.256 e. The van der Waals surface area contributed by atoms with E-state index in [2.05, 4.69) is 12.2 Å². The number of carbonyl (C=O) groups is 2. The number of carbonyl (C=O) groups excluding carboxylic acids is 2. The molecule has 1 aromatic heterocycles. The van der Waals surface area contributed by atoms with Gasteiger partial charge in [0, 0.05) is 23.5 Å². The Morgan fingerprint density at radius 2 is 1.87 bits per heavy atom. The van der Waals surface area contributed by atoms with Crippen LogP contribution in [0.5, 0.6) is 0 Å². The summed E-state index contributed by atoms with van der Waals surface area (Å²) in [7, 11) is -3.63. The first-order chi connectivity index (χ1) is 14.8. The number of benzene rings is 1. The quantitative estimate of drug-likeness (QED) is 0.705. The van der Waals surface area contributed by atoms with Crippen molar-refractivity contribution in [1.29, 1.82) is 0 Å². The number of anilines is 1. The van der Waals surface area contributed by atoms with Crippen LogP contribution in [0.25, 0.3) is 0 Å². The van der Waals surface area contributed by atoms with Crippen molar-refractivity contribution >= 4 is 38.2 Å². The number of nitrogens with zero attached hydrogens (tertiary/aromatic N) is 1. The summed E-state index contributed by atoms with van der Waals surface area (Å²) in [6, 6.07) is 5.80. The van der Waals surface area contributed by atoms with E-state index in [0.717, 1.165) is 29.7 Å². The van der Waals surface area contributed by atoms with Gasteiger partial charge in [0.25, 0.3) is 11.8 Å². The molecule has 1 fully saturated rings. The minimum absolute atomic E-state index is 0.129. The zero-order valence-electron chi connectivity index (χ0n) is 17.2. The highest BCUT2D eigenvalue weighted by molar-refractivity contribution is 7.89. The topological polar surface area (TPSA) is 119 Å². The van der Waals surface area contributed by atoms with E-state index in [1.807, 2.05) is 0 Å². The molecule has 1 aliphatic heterocycles. The number of primary amides is 1. The van der Waals surface area contributed by atoms with Gasteiger partial charge in [0.1, 0.15) is 5.00 Å². The molecule has 1 saturated heterocycles. The van der Waals surface area contributed by atoms with Crippen LogP contribution < -0.4 is 11.1 Å². The van der Waals surface area contributed by atoms with Crippen molar-refractivity contribution in [3.8, 4) is 0 Å². The van der Waals surface area contributed by atoms with Crippen LogP contribution in [0.4, 0.5) is 5.00 Å². The molecule has 8 nitrogen and oxygen atoms in total. The molecule has 1 aromatic carbocycles. The van der Waals surface area contributed by atoms with Crippen molar-refractivity contribution in [2.45, 2.75) is 31.1 Å². The molecule has 0 radical (unpaired) electrons. The van der Waals surface area contributed by atoms with Gasteiger partial charge in [0.15, 0.2) is 0 Å². The van der Waals surface area contributed by atoms with E-state index in [4.69, 9.17) is 10.5 Å². The molecule has 2 aliphatic rings. The highest BCUT2D eigenvalue weighted by Gasteiger charge is 2.28. The standard InChI is InChI=1S/C21H25N3O5S2/c1-13-2-7-16-17(12-13)30-21(18(16)19(22)25)23-20(26)14-3-5-15(6-4-14)31(27,28)24-8-10-29-11-9-24/h3-6,13H,2,7-12H2,1H3,(H2,22,25)(H,23,26)/t13-/m1/s1. The smallest absolute Gasteiger partial charge is 0.256 e. The minimum Gasteiger partial charge on any atom is -0.379 e. The highest BCUT2D eigenvalue weighted by Crippen LogP contribution is 2.39. The zero-order valence-corrected chi connectivity index (χ0v) is 18.9. The first-order valence-electron chi connectivity index (χ1n) is 10.2. The molecule has 2 heterocycles. The van der Waals surface area contributed by atoms with Gasteiger partial charge in [-0.2, -0.15) is 4.31 Å². The van der Waals surface area contributed by atoms with Gasteiger partial charge in [0.2, 0.25) is 10.0 Å². The van der Waals surface area contributed by atoms with Crippen LogP contribution >= 0.6 is 11.3 Å². The second-order valence-electron chi connectivity index (χ2n) is 7.92. The fraction of sp³-hybridized carbons (Fsp3) is 0.429. The van der Waals surface area contributed by atoms with Gasteiger partial charge in [-0.3, -0.25) is 9.59 Å². The molecule has 0 saturated carbocycles. The van der Waals surface area contributed by atoms with Crippen LogP contribution in [-0.2, 0) is 27.6 Å². The van der Waals surface area contributed by atoms with Crippen molar-refractivity contribution in [3.63, 3.8) is 0 Å². The summed E-state index contributed by atoms with van der Waals surface area (Å²) >= 11 is 1.40. The van der Waals surface area contributed by atoms with E-state index >= 15 is 0 Å². The molecule has 1 aliphatic carbocycles. The first-order valence-corrected chi connectivity index (χ1v) is 12.5. The number of nitrogens with two attached hydrogens (primary N) is 1. The molecule has 0 spiro atoms. The van der Waals surface area contributed by atoms with Gasteiger partial charge in [-0.05, 0) is 55.0 Å². The number of hydrogen-bond acceptors (Lipinski definition) is 6. The lowest BCUT2D eigenvalue weighted by molar-refractivity contribution is 0.0730. The van der Waals surface area contributed by atoms with Crippen LogP contribution in [0.3, 0.4) is 0 Å². The van der Waals surface area contributed by atoms with Crippen molar-refractivity contribution < 1.29 is 22.7 Å². The summed E-state index contributed by atoms with van der Waals surface area (Å²) < 4.78 is 32.1. The Labute approximate surface area is 185 Å². The molecule has 0 bridgehead atoms. The van der Waals surface area contributed by atoms with Crippen molar-refractivity contribution in [3.05, 3.63) is 45.8 Å². The average molecular weight is 464 g/mol. The maximum absolute atomic E-state index is 12.8. The first kappa shape index (κ1) is 21.9. The molecule has 1 atom stereocenters. The number of nitrogens with one attached hydrogen (secondary N) is 1. The average Bonchev–Trinajstić information content (AvgIpc) is 3.11. The van der Waals surface area contributed by atoms with E-state index < -0.39 is 21.8 Å². The van der Waals surface area contributed by atoms with E-state index in [1.54, 1.807) is 0 Å². The third-order valence-corrected chi connectivity index (χ3v) is 8.79. The van der Waals surface area contributed by atoms with Crippen LogP contribution in [0, 0.1) is 5.92 Å². The van der Waals surface area contributed by atoms with Crippen molar-refractivity contribution in [2.24, 2.45) is 11.7 Å². The molecular formula is C21H25N3O5S2. The number of ether oxygens (including phenoxy) is 1. The van der Waals surface area contributed by atoms with Gasteiger partial charge in [-0.15, -0.1) is 11.3 Å². The fourth-order valence-electron chi connectivity index (χ4n) is 3.99. The third-order valence-electron chi connectivity index (χ3n) is 5.71. The van der Waals surface area contributed by atoms with Gasteiger partial charge in [-0.1, -0.05) is 6.92 Å². The summed E-state index contributed by atoms with van der Waals surface area (Å²) in [6.45, 7) is 3.51. The Bertz CT molecular complexity index is 1100. The fourth-order valence-corrected chi connectivity index (χ4v) is 6.81. The van der Waals surface area contributed by atoms with Crippen molar-refractivity contribution in [1.82, 2.24) is 4.31 Å². The van der Waals surface area contributed by atoms with E-state index in [1.165, 1.54) is 39.9 Å². The van der Waals surface area contributed by atoms with E-state index in [0.29, 0.717) is 48.3 Å². The van der Waals surface area contributed by atoms with Gasteiger partial charge < -0.3 is 15.8 Å². The molecule has 2 aromatic rings. The maximum atomic E-state index is 12.8. The van der Waals surface area contributed by atoms with Gasteiger partial charge in [-0.25, -0.2) is 8.42 Å². The predicted octanol–water partition coefficient (Wildman–Crippen LogP) is 2.25. The number of hydrogen-bond donors (Lipinski definition) is 2. The number of sulfonamides is 1. The zero-order chi connectivity index (χ0) is 22.2. The Hall–Kier alpha value is -2.27. The Balaban J connectivity index is 1.54. The minimum atomic E-state index is -3.63. The molecule has 4 rings (SSSR count). The second-order valence-corrected chi connectivity index (χ2v) is 11.0. The summed E-state index contributed by atoms with van der Waals surface area (Å²) in [5.41, 5.74) is 7.25. The monoisotopic (exact) mass is 463 g/mol. The number of morpholine rings is 1. The van der Waals surface area contributed by atoms with Crippen molar-refractivity contribution in [2.75, 3.05) is 31.6 Å². The van der Waals surface area contributed by atoms with Crippen LogP contribution in [0.1, 0.15) is 44.5 Å². The lowest BCUT2D eigenvalue weighted by Crippen LogP contribution is -2.40. The molecule has 166 valence electrons. The third kappa shape index (κ3) is 4.38. The van der Waals surface area contributed by atoms with Crippen LogP contribution in [-0.4, -0.2) is 50.8 Å². The molecular weight excluding hydrogens is 438 g/mol. The number of fused-ring (bicyclic) bond motifs is 1. The lowest BCUT2D eigenvalue weighted by Gasteiger charge is -2.26. The van der Waals surface area contributed by atoms with Gasteiger partial charge in [0.05, 0.1) is 23.7 Å². The summed E-state index contributed by atoms with van der Waals surface area (Å²) in [6.07, 6.45) is 2.62. The molecule has 0 unspecified atom stereocenters. The second kappa shape index (κ2) is 8.70. The van der Waals surface area contributed by atoms with Crippen LogP contribution in [0.15, 0.2) is 29.2 Å². The lowest BCUT2D eigenvalue weighted by atomic mass is 9.88. The summed E-state index contributed by atoms with van der Waals surface area (Å²) in [5.74, 6) is -0.435. The number of thiophene rings is 1.